The standard InChI is InChI=1S/C15H20O4P.Li/c1-17-10-8-12(18-2)14(13(9-10)19-3)15(16)20-11-6-4-5-7-11;/h8-9,11H,4-7H2,1-3H3;/q-1;+1. The zero-order chi connectivity index (χ0) is 14.5. The molecule has 0 bridgehead atoms. The maximum absolute atomic E-state index is 12.5. The van der Waals surface area contributed by atoms with Crippen molar-refractivity contribution in [2.24, 2.45) is 0 Å². The summed E-state index contributed by atoms with van der Waals surface area (Å²) in [7, 11) is 5.53. The van der Waals surface area contributed by atoms with E-state index in [2.05, 4.69) is 0 Å². The average Bonchev–Trinajstić information content (AvgIpc) is 2.98. The Kier molecular flexibility index (Phi) is 7.60. The predicted octanol–water partition coefficient (Wildman–Crippen LogP) is 0.745. The maximum atomic E-state index is 12.5. The van der Waals surface area contributed by atoms with Crippen molar-refractivity contribution in [1.82, 2.24) is 0 Å². The maximum Gasteiger partial charge on any atom is 1.00 e. The van der Waals surface area contributed by atoms with E-state index >= 15 is 0 Å². The summed E-state index contributed by atoms with van der Waals surface area (Å²) in [6.45, 7) is 0. The molecular weight excluding hydrogens is 282 g/mol. The van der Waals surface area contributed by atoms with Crippen molar-refractivity contribution in [2.45, 2.75) is 31.3 Å². The molecule has 0 radical (unpaired) electrons. The average molecular weight is 302 g/mol. The second-order valence-corrected chi connectivity index (χ2v) is 6.17. The fourth-order valence-electron chi connectivity index (χ4n) is 2.48. The van der Waals surface area contributed by atoms with Crippen molar-refractivity contribution < 1.29 is 37.9 Å². The molecular formula is C15H20LiO4P. The van der Waals surface area contributed by atoms with E-state index < -0.39 is 0 Å². The minimum absolute atomic E-state index is 0. The van der Waals surface area contributed by atoms with Gasteiger partial charge in [-0.2, -0.15) is 5.66 Å². The van der Waals surface area contributed by atoms with Gasteiger partial charge in [0.15, 0.2) is 0 Å². The third kappa shape index (κ3) is 4.39. The van der Waals surface area contributed by atoms with Gasteiger partial charge < -0.3 is 27.6 Å². The molecule has 1 saturated carbocycles. The third-order valence-electron chi connectivity index (χ3n) is 3.55. The van der Waals surface area contributed by atoms with Crippen LogP contribution < -0.4 is 33.1 Å². The van der Waals surface area contributed by atoms with E-state index in [1.807, 2.05) is 0 Å². The summed E-state index contributed by atoms with van der Waals surface area (Å²) in [5, 5.41) is 0. The third-order valence-corrected chi connectivity index (χ3v) is 4.89. The Balaban J connectivity index is 0.00000220. The van der Waals surface area contributed by atoms with Crippen LogP contribution in [0.4, 0.5) is 0 Å². The number of methoxy groups -OCH3 is 3. The Morgan fingerprint density at radius 3 is 2.00 bits per heavy atom. The van der Waals surface area contributed by atoms with Crippen LogP contribution in [-0.2, 0) is 0 Å². The van der Waals surface area contributed by atoms with Gasteiger partial charge in [-0.3, -0.25) is 0 Å². The summed E-state index contributed by atoms with van der Waals surface area (Å²) in [5.41, 5.74) is 1.05. The van der Waals surface area contributed by atoms with Crippen molar-refractivity contribution >= 4 is 14.1 Å². The number of benzene rings is 1. The molecule has 0 saturated heterocycles. The van der Waals surface area contributed by atoms with Gasteiger partial charge in [0, 0.05) is 17.7 Å². The molecule has 1 aromatic rings. The molecule has 4 nitrogen and oxygen atoms in total. The molecule has 0 spiro atoms. The number of carbonyl (C=O) groups is 1. The summed E-state index contributed by atoms with van der Waals surface area (Å²) in [6.07, 6.45) is 4.71. The van der Waals surface area contributed by atoms with Gasteiger partial charge in [0.05, 0.1) is 26.9 Å². The molecule has 1 aliphatic carbocycles. The molecule has 110 valence electrons. The van der Waals surface area contributed by atoms with Gasteiger partial charge in [0.25, 0.3) is 0 Å². The van der Waals surface area contributed by atoms with E-state index in [9.17, 15) is 4.79 Å². The van der Waals surface area contributed by atoms with Gasteiger partial charge >= 0.3 is 18.9 Å². The first-order chi connectivity index (χ1) is 9.69. The van der Waals surface area contributed by atoms with Gasteiger partial charge in [-0.25, -0.2) is 0 Å². The summed E-state index contributed by atoms with van der Waals surface area (Å²) in [5.74, 6) is 1.64. The molecule has 1 aliphatic rings. The smallest absolute Gasteiger partial charge is 0.496 e. The second-order valence-electron chi connectivity index (χ2n) is 4.78. The fraction of sp³-hybridized carbons (Fsp3) is 0.533. The van der Waals surface area contributed by atoms with Crippen LogP contribution in [0.5, 0.6) is 17.2 Å². The Morgan fingerprint density at radius 1 is 1.05 bits per heavy atom. The van der Waals surface area contributed by atoms with Crippen molar-refractivity contribution in [3.8, 4) is 17.2 Å². The van der Waals surface area contributed by atoms with Crippen molar-refractivity contribution in [3.63, 3.8) is 0 Å². The molecule has 0 heterocycles. The van der Waals surface area contributed by atoms with Gasteiger partial charge in [-0.1, -0.05) is 25.7 Å². The molecule has 1 aromatic carbocycles. The largest absolute Gasteiger partial charge is 1.00 e. The zero-order valence-electron chi connectivity index (χ0n) is 13.1. The Morgan fingerprint density at radius 2 is 1.57 bits per heavy atom. The van der Waals surface area contributed by atoms with E-state index in [4.69, 9.17) is 14.2 Å². The van der Waals surface area contributed by atoms with Crippen LogP contribution in [0.25, 0.3) is 0 Å². The number of hydrogen-bond acceptors (Lipinski definition) is 4. The topological polar surface area (TPSA) is 44.8 Å². The molecule has 0 aromatic heterocycles. The van der Waals surface area contributed by atoms with E-state index in [1.165, 1.54) is 12.8 Å². The van der Waals surface area contributed by atoms with Crippen LogP contribution in [0, 0.1) is 0 Å². The van der Waals surface area contributed by atoms with Gasteiger partial charge in [0.2, 0.25) is 0 Å². The first-order valence-corrected chi connectivity index (χ1v) is 7.71. The summed E-state index contributed by atoms with van der Waals surface area (Å²) in [4.78, 5) is 12.5. The summed E-state index contributed by atoms with van der Waals surface area (Å²) >= 11 is 0. The Hall–Kier alpha value is -0.683. The van der Waals surface area contributed by atoms with Crippen molar-refractivity contribution in [2.75, 3.05) is 21.3 Å². The molecule has 1 fully saturated rings. The molecule has 0 atom stereocenters. The van der Waals surface area contributed by atoms with Crippen LogP contribution in [0.15, 0.2) is 12.1 Å². The quantitative estimate of drug-likeness (QED) is 0.574. The van der Waals surface area contributed by atoms with Gasteiger partial charge in [-0.05, 0) is 0 Å². The van der Waals surface area contributed by atoms with Crippen molar-refractivity contribution in [1.29, 1.82) is 0 Å². The zero-order valence-corrected chi connectivity index (χ0v) is 14.0. The van der Waals surface area contributed by atoms with E-state index in [0.717, 1.165) is 21.4 Å². The molecule has 0 aliphatic heterocycles. The van der Waals surface area contributed by atoms with Crippen molar-refractivity contribution in [3.05, 3.63) is 17.7 Å². The molecule has 0 unspecified atom stereocenters. The Bertz CT molecular complexity index is 462. The molecule has 2 rings (SSSR count). The number of hydrogen-bond donors (Lipinski definition) is 0. The molecule has 0 N–H and O–H groups in total. The summed E-state index contributed by atoms with van der Waals surface area (Å²) < 4.78 is 15.9. The molecule has 6 heteroatoms. The fourth-order valence-corrected chi connectivity index (χ4v) is 3.78. The second kappa shape index (κ2) is 8.69. The first-order valence-electron chi connectivity index (χ1n) is 6.74. The Labute approximate surface area is 139 Å². The van der Waals surface area contributed by atoms with Crippen LogP contribution >= 0.6 is 8.58 Å². The van der Waals surface area contributed by atoms with E-state index in [0.29, 0.717) is 28.5 Å². The van der Waals surface area contributed by atoms with Crippen LogP contribution in [0.2, 0.25) is 0 Å². The SMILES string of the molecule is COc1cc(OC)c(C(=O)[P-]C2CCCC2)c(OC)c1.[Li+]. The van der Waals surface area contributed by atoms with Gasteiger partial charge in [-0.15, -0.1) is 0 Å². The van der Waals surface area contributed by atoms with E-state index in [-0.39, 0.29) is 24.4 Å². The number of ether oxygens (including phenoxy) is 3. The normalized spacial score (nSPS) is 15.0. The summed E-state index contributed by atoms with van der Waals surface area (Å²) in [6, 6.07) is 3.44. The monoisotopic (exact) mass is 302 g/mol. The minimum Gasteiger partial charge on any atom is -0.496 e. The number of carbonyl (C=O) groups excluding carboxylic acids is 1. The van der Waals surface area contributed by atoms with Crippen LogP contribution in [0.1, 0.15) is 36.0 Å². The van der Waals surface area contributed by atoms with Gasteiger partial charge in [0.1, 0.15) is 17.2 Å². The first kappa shape index (κ1) is 18.4. The minimum atomic E-state index is 0. The molecule has 21 heavy (non-hydrogen) atoms. The number of rotatable bonds is 6. The molecule has 0 amide bonds. The predicted molar refractivity (Wildman–Crippen MR) is 79.6 cm³/mol. The van der Waals surface area contributed by atoms with E-state index in [1.54, 1.807) is 33.5 Å². The van der Waals surface area contributed by atoms with Crippen LogP contribution in [-0.4, -0.2) is 32.5 Å². The van der Waals surface area contributed by atoms with Crippen LogP contribution in [0.3, 0.4) is 0 Å².